The van der Waals surface area contributed by atoms with Gasteiger partial charge in [0, 0.05) is 31.4 Å². The van der Waals surface area contributed by atoms with Crippen LogP contribution in [0.1, 0.15) is 5.56 Å². The van der Waals surface area contributed by atoms with Crippen LogP contribution in [0.15, 0.2) is 64.8 Å². The van der Waals surface area contributed by atoms with Crippen LogP contribution in [-0.4, -0.2) is 32.3 Å². The van der Waals surface area contributed by atoms with Crippen molar-refractivity contribution in [2.24, 2.45) is 0 Å². The molecule has 0 fully saturated rings. The van der Waals surface area contributed by atoms with Gasteiger partial charge in [-0.1, -0.05) is 6.08 Å². The molecule has 0 aliphatic rings. The van der Waals surface area contributed by atoms with Crippen LogP contribution in [-0.2, 0) is 16.6 Å². The van der Waals surface area contributed by atoms with Crippen molar-refractivity contribution in [1.82, 2.24) is 9.62 Å². The fraction of sp³-hybridized carbons (Fsp3) is 0.188. The van der Waals surface area contributed by atoms with Crippen molar-refractivity contribution in [2.45, 2.75) is 11.4 Å². The molecule has 2 N–H and O–H groups in total. The Balaban J connectivity index is 1.96. The Bertz CT molecular complexity index is 783. The molecule has 2 aromatic rings. The van der Waals surface area contributed by atoms with E-state index in [1.165, 1.54) is 48.0 Å². The molecule has 128 valence electrons. The highest BCUT2D eigenvalue weighted by Gasteiger charge is 2.19. The number of carbonyl (C=O) groups excluding carboxylic acids is 1. The minimum Gasteiger partial charge on any atom is -0.472 e. The fourth-order valence-corrected chi connectivity index (χ4v) is 3.06. The lowest BCUT2D eigenvalue weighted by Crippen LogP contribution is -2.28. The SMILES string of the molecule is C=CCN(C)S(=O)(=O)c1ccc(NC(=O)NCc2ccoc2)cc1. The Kier molecular flexibility index (Phi) is 5.78. The molecule has 7 nitrogen and oxygen atoms in total. The molecule has 0 radical (unpaired) electrons. The number of amides is 2. The largest absolute Gasteiger partial charge is 0.472 e. The highest BCUT2D eigenvalue weighted by Crippen LogP contribution is 2.17. The first-order valence-corrected chi connectivity index (χ1v) is 8.60. The van der Waals surface area contributed by atoms with Gasteiger partial charge in [-0.2, -0.15) is 4.31 Å². The second-order valence-electron chi connectivity index (χ2n) is 5.04. The van der Waals surface area contributed by atoms with Gasteiger partial charge in [0.2, 0.25) is 10.0 Å². The minimum absolute atomic E-state index is 0.149. The van der Waals surface area contributed by atoms with Crippen LogP contribution in [0.2, 0.25) is 0 Å². The molecule has 1 heterocycles. The first-order valence-electron chi connectivity index (χ1n) is 7.16. The van der Waals surface area contributed by atoms with Gasteiger partial charge in [0.25, 0.3) is 0 Å². The zero-order chi connectivity index (χ0) is 17.6. The molecule has 0 saturated heterocycles. The van der Waals surface area contributed by atoms with E-state index < -0.39 is 16.1 Å². The summed E-state index contributed by atoms with van der Waals surface area (Å²) in [6, 6.07) is 7.31. The summed E-state index contributed by atoms with van der Waals surface area (Å²) in [6.45, 7) is 4.08. The zero-order valence-corrected chi connectivity index (χ0v) is 14.0. The van der Waals surface area contributed by atoms with Crippen molar-refractivity contribution in [3.8, 4) is 0 Å². The number of sulfonamides is 1. The van der Waals surface area contributed by atoms with Gasteiger partial charge in [0.15, 0.2) is 0 Å². The Morgan fingerprint density at radius 3 is 2.58 bits per heavy atom. The number of hydrogen-bond donors (Lipinski definition) is 2. The molecule has 1 aromatic heterocycles. The van der Waals surface area contributed by atoms with E-state index in [4.69, 9.17) is 4.42 Å². The van der Waals surface area contributed by atoms with Crippen LogP contribution in [0.5, 0.6) is 0 Å². The summed E-state index contributed by atoms with van der Waals surface area (Å²) in [7, 11) is -2.08. The standard InChI is InChI=1S/C16H19N3O4S/c1-3-9-19(2)24(21,22)15-6-4-14(5-7-15)18-16(20)17-11-13-8-10-23-12-13/h3-8,10,12H,1,9,11H2,2H3,(H2,17,18,20). The number of nitrogens with zero attached hydrogens (tertiary/aromatic N) is 1. The molecule has 2 amide bonds. The third-order valence-electron chi connectivity index (χ3n) is 3.24. The average molecular weight is 349 g/mol. The Morgan fingerprint density at radius 2 is 2.00 bits per heavy atom. The lowest BCUT2D eigenvalue weighted by molar-refractivity contribution is 0.251. The number of likely N-dealkylation sites (N-methyl/N-ethyl adjacent to an activating group) is 1. The van der Waals surface area contributed by atoms with E-state index in [2.05, 4.69) is 17.2 Å². The summed E-state index contributed by atoms with van der Waals surface area (Å²) in [5, 5.41) is 5.30. The second kappa shape index (κ2) is 7.80. The van der Waals surface area contributed by atoms with E-state index in [9.17, 15) is 13.2 Å². The van der Waals surface area contributed by atoms with Crippen molar-refractivity contribution in [1.29, 1.82) is 0 Å². The van der Waals surface area contributed by atoms with Gasteiger partial charge >= 0.3 is 6.03 Å². The van der Waals surface area contributed by atoms with Crippen LogP contribution in [0.4, 0.5) is 10.5 Å². The topological polar surface area (TPSA) is 91.7 Å². The first kappa shape index (κ1) is 17.8. The van der Waals surface area contributed by atoms with Gasteiger partial charge in [-0.05, 0) is 30.3 Å². The van der Waals surface area contributed by atoms with Crippen LogP contribution >= 0.6 is 0 Å². The average Bonchev–Trinajstić information content (AvgIpc) is 3.07. The van der Waals surface area contributed by atoms with Crippen molar-refractivity contribution in [2.75, 3.05) is 18.9 Å². The summed E-state index contributed by atoms with van der Waals surface area (Å²) in [4.78, 5) is 11.9. The maximum absolute atomic E-state index is 12.3. The molecule has 1 aromatic carbocycles. The monoisotopic (exact) mass is 349 g/mol. The van der Waals surface area contributed by atoms with Gasteiger partial charge in [-0.25, -0.2) is 13.2 Å². The normalized spacial score (nSPS) is 11.2. The van der Waals surface area contributed by atoms with Gasteiger partial charge in [-0.3, -0.25) is 0 Å². The Hall–Kier alpha value is -2.58. The number of anilines is 1. The van der Waals surface area contributed by atoms with E-state index in [1.807, 2.05) is 0 Å². The van der Waals surface area contributed by atoms with E-state index in [0.29, 0.717) is 12.2 Å². The predicted octanol–water partition coefficient (Wildman–Crippen LogP) is 2.41. The van der Waals surface area contributed by atoms with Crippen LogP contribution < -0.4 is 10.6 Å². The minimum atomic E-state index is -3.56. The van der Waals surface area contributed by atoms with Crippen LogP contribution in [0, 0.1) is 0 Å². The Labute approximate surface area is 141 Å². The Morgan fingerprint density at radius 1 is 1.29 bits per heavy atom. The van der Waals surface area contributed by atoms with Crippen molar-refractivity contribution < 1.29 is 17.6 Å². The second-order valence-corrected chi connectivity index (χ2v) is 7.08. The third kappa shape index (κ3) is 4.46. The zero-order valence-electron chi connectivity index (χ0n) is 13.2. The molecule has 2 rings (SSSR count). The predicted molar refractivity (Wildman–Crippen MR) is 91.0 cm³/mol. The summed E-state index contributed by atoms with van der Waals surface area (Å²) in [5.41, 5.74) is 1.34. The molecule has 0 aliphatic carbocycles. The van der Waals surface area contributed by atoms with Gasteiger partial charge < -0.3 is 15.1 Å². The lowest BCUT2D eigenvalue weighted by Gasteiger charge is -2.15. The van der Waals surface area contributed by atoms with Gasteiger partial charge in [0.1, 0.15) is 0 Å². The summed E-state index contributed by atoms with van der Waals surface area (Å²) >= 11 is 0. The molecular formula is C16H19N3O4S. The number of furan rings is 1. The molecule has 0 spiro atoms. The molecule has 0 unspecified atom stereocenters. The van der Waals surface area contributed by atoms with E-state index >= 15 is 0 Å². The molecule has 0 saturated carbocycles. The van der Waals surface area contributed by atoms with Gasteiger partial charge in [0.05, 0.1) is 17.4 Å². The maximum Gasteiger partial charge on any atom is 0.319 e. The third-order valence-corrected chi connectivity index (χ3v) is 5.08. The summed E-state index contributed by atoms with van der Waals surface area (Å²) in [5.74, 6) is 0. The highest BCUT2D eigenvalue weighted by atomic mass is 32.2. The number of rotatable bonds is 7. The van der Waals surface area contributed by atoms with Crippen LogP contribution in [0.3, 0.4) is 0 Å². The lowest BCUT2D eigenvalue weighted by atomic mass is 10.3. The molecule has 0 bridgehead atoms. The highest BCUT2D eigenvalue weighted by molar-refractivity contribution is 7.89. The quantitative estimate of drug-likeness (QED) is 0.751. The number of carbonyl (C=O) groups is 1. The summed E-state index contributed by atoms with van der Waals surface area (Å²) < 4.78 is 30.6. The van der Waals surface area contributed by atoms with E-state index in [-0.39, 0.29) is 11.4 Å². The van der Waals surface area contributed by atoms with E-state index in [1.54, 1.807) is 12.3 Å². The molecule has 24 heavy (non-hydrogen) atoms. The summed E-state index contributed by atoms with van der Waals surface area (Å²) in [6.07, 6.45) is 4.58. The molecule has 8 heteroatoms. The number of benzene rings is 1. The fourth-order valence-electron chi connectivity index (χ4n) is 1.92. The smallest absolute Gasteiger partial charge is 0.319 e. The molecule has 0 atom stereocenters. The van der Waals surface area contributed by atoms with Crippen molar-refractivity contribution >= 4 is 21.7 Å². The molecular weight excluding hydrogens is 330 g/mol. The first-order chi connectivity index (χ1) is 11.4. The van der Waals surface area contributed by atoms with Crippen molar-refractivity contribution in [3.63, 3.8) is 0 Å². The van der Waals surface area contributed by atoms with Gasteiger partial charge in [-0.15, -0.1) is 6.58 Å². The maximum atomic E-state index is 12.3. The number of urea groups is 1. The number of nitrogens with one attached hydrogen (secondary N) is 2. The van der Waals surface area contributed by atoms with Crippen molar-refractivity contribution in [3.05, 3.63) is 61.1 Å². The number of hydrogen-bond acceptors (Lipinski definition) is 4. The van der Waals surface area contributed by atoms with Crippen LogP contribution in [0.25, 0.3) is 0 Å². The van der Waals surface area contributed by atoms with E-state index in [0.717, 1.165) is 5.56 Å². The molecule has 0 aliphatic heterocycles.